The summed E-state index contributed by atoms with van der Waals surface area (Å²) in [5, 5.41) is 68.2. The number of hydrogen-bond acceptors (Lipinski definition) is 18. The third-order valence-electron chi connectivity index (χ3n) is 13.2. The molecule has 4 atom stereocenters. The Hall–Kier alpha value is -11.7. The van der Waals surface area contributed by atoms with Crippen LogP contribution in [0.5, 0.6) is 23.0 Å². The second-order valence-electron chi connectivity index (χ2n) is 20.1. The molecule has 8 amide bonds. The van der Waals surface area contributed by atoms with Gasteiger partial charge in [0.25, 0.3) is 23.6 Å². The molecule has 4 aromatic rings. The number of hydrogen-bond donors (Lipinski definition) is 22. The highest BCUT2D eigenvalue weighted by Crippen LogP contribution is 2.28. The third kappa shape index (κ3) is 24.1. The van der Waals surface area contributed by atoms with Crippen molar-refractivity contribution in [2.45, 2.75) is 75.5 Å². The lowest BCUT2D eigenvalue weighted by molar-refractivity contribution is -0.139. The van der Waals surface area contributed by atoms with Crippen molar-refractivity contribution in [2.24, 2.45) is 34.4 Å². The van der Waals surface area contributed by atoms with Crippen LogP contribution in [0.3, 0.4) is 0 Å². The van der Waals surface area contributed by atoms with Crippen molar-refractivity contribution < 1.29 is 67.2 Å². The number of primary amides is 1. The molecule has 4 aromatic carbocycles. The summed E-state index contributed by atoms with van der Waals surface area (Å²) in [5.74, 6) is -9.09. The van der Waals surface area contributed by atoms with Gasteiger partial charge in [-0.2, -0.15) is 0 Å². The Morgan fingerprint density at radius 1 is 0.424 bits per heavy atom. The van der Waals surface area contributed by atoms with Gasteiger partial charge in [-0.25, -0.2) is 4.79 Å². The number of nitrogens with two attached hydrogens (primary N) is 6. The predicted molar refractivity (Wildman–Crippen MR) is 340 cm³/mol. The molecule has 0 heterocycles. The summed E-state index contributed by atoms with van der Waals surface area (Å²) in [6, 6.07) is 11.1. The summed E-state index contributed by atoms with van der Waals surface area (Å²) in [6.07, 6.45) is 1.09. The number of rotatable bonds is 37. The maximum Gasteiger partial charge on any atom is 0.341 e. The molecule has 35 nitrogen and oxygen atoms in total. The molecule has 0 saturated heterocycles. The number of carbonyl (C=O) groups is 9. The van der Waals surface area contributed by atoms with E-state index >= 15 is 0 Å². The van der Waals surface area contributed by atoms with Gasteiger partial charge < -0.3 is 117 Å². The van der Waals surface area contributed by atoms with E-state index in [9.17, 15) is 43.2 Å². The van der Waals surface area contributed by atoms with Crippen molar-refractivity contribution in [3.05, 3.63) is 95.1 Å². The minimum Gasteiger partial charge on any atom is -0.496 e. The van der Waals surface area contributed by atoms with E-state index in [1.165, 1.54) is 88.1 Å². The molecule has 0 fully saturated rings. The highest BCUT2D eigenvalue weighted by molar-refractivity contribution is 6.08. The molecule has 0 aliphatic carbocycles. The standard InChI is InChI=1S/C57H79N21O14/c1-89-41-16-12-30(72-50(85)37(58)8-4-20-68-54(60)61)25-34(41)47(82)77-39(10-6-22-70-56(64)65)52(87)74-32-14-18-43(91-3)36(27-32)49(84)78-40(11-7-23-71-57(66)67)53(88)75-31-13-17-42(90-2)35(26-31)48(83)76-38(9-5-21-69-55(62)63)51(86)73-29-15-19-44(92-28-45(79)80)33(24-29)46(59)81/h12-19,24-27,37-40H,4-11,20-23,28,58H2,1-3H3,(H2,59,81)(H,72,85)(H,73,86)(H,74,87)(H,75,88)(H,76,83)(H,77,82)(H,78,84)(H,79,80)(H4,60,61,68)(H4,62,63,69)(H4,64,65,70)(H4,66,67,71)/t37-,38-,39-,40-/m0/s1. The number of benzene rings is 4. The lowest BCUT2D eigenvalue weighted by atomic mass is 10.1. The van der Waals surface area contributed by atoms with Crippen LogP contribution in [-0.4, -0.2) is 160 Å². The van der Waals surface area contributed by atoms with Crippen molar-refractivity contribution >= 4 is 99.8 Å². The topological polar surface area (TPSA) is 595 Å². The van der Waals surface area contributed by atoms with E-state index in [4.69, 9.17) is 80.1 Å². The number of aliphatic carboxylic acids is 1. The van der Waals surface area contributed by atoms with Gasteiger partial charge in [0, 0.05) is 48.9 Å². The summed E-state index contributed by atoms with van der Waals surface area (Å²) < 4.78 is 21.6. The lowest BCUT2D eigenvalue weighted by Gasteiger charge is -2.22. The first-order chi connectivity index (χ1) is 43.7. The highest BCUT2D eigenvalue weighted by atomic mass is 16.5. The van der Waals surface area contributed by atoms with Crippen LogP contribution < -0.4 is 112 Å². The fraction of sp³-hybridized carbons (Fsp3) is 0.351. The van der Waals surface area contributed by atoms with Crippen molar-refractivity contribution in [1.29, 1.82) is 21.6 Å². The highest BCUT2D eigenvalue weighted by Gasteiger charge is 2.29. The van der Waals surface area contributed by atoms with Gasteiger partial charge >= 0.3 is 5.97 Å². The minimum atomic E-state index is -1.35. The maximum atomic E-state index is 14.4. The number of carboxylic acids is 1. The van der Waals surface area contributed by atoms with Crippen molar-refractivity contribution in [3.8, 4) is 23.0 Å². The number of guanidine groups is 4. The molecule has 0 aliphatic heterocycles. The van der Waals surface area contributed by atoms with E-state index in [0.717, 1.165) is 6.07 Å². The first kappa shape index (κ1) is 72.8. The Bertz CT molecular complexity index is 3370. The zero-order chi connectivity index (χ0) is 68.0. The molecular weight excluding hydrogens is 1200 g/mol. The summed E-state index contributed by atoms with van der Waals surface area (Å²) in [4.78, 5) is 121. The first-order valence-corrected chi connectivity index (χ1v) is 28.3. The largest absolute Gasteiger partial charge is 0.496 e. The van der Waals surface area contributed by atoms with Crippen LogP contribution in [0.2, 0.25) is 0 Å². The van der Waals surface area contributed by atoms with Crippen LogP contribution in [0.1, 0.15) is 92.8 Å². The van der Waals surface area contributed by atoms with Crippen LogP contribution in [0.15, 0.2) is 72.8 Å². The second-order valence-corrected chi connectivity index (χ2v) is 20.1. The zero-order valence-corrected chi connectivity index (χ0v) is 50.6. The fourth-order valence-electron chi connectivity index (χ4n) is 8.66. The predicted octanol–water partition coefficient (Wildman–Crippen LogP) is -1.20. The molecule has 496 valence electrons. The summed E-state index contributed by atoms with van der Waals surface area (Å²) >= 11 is 0. The van der Waals surface area contributed by atoms with Crippen LogP contribution >= 0.6 is 0 Å². The number of anilines is 4. The molecule has 0 unspecified atom stereocenters. The monoisotopic (exact) mass is 1280 g/mol. The van der Waals surface area contributed by atoms with Gasteiger partial charge in [-0.1, -0.05) is 0 Å². The normalized spacial score (nSPS) is 11.8. The number of ether oxygens (including phenoxy) is 4. The Kier molecular flexibility index (Phi) is 29.0. The van der Waals surface area contributed by atoms with Gasteiger partial charge in [-0.3, -0.25) is 60.0 Å². The molecule has 35 heteroatoms. The Balaban J connectivity index is 1.60. The Morgan fingerprint density at radius 3 is 0.989 bits per heavy atom. The maximum absolute atomic E-state index is 14.4. The van der Waals surface area contributed by atoms with Crippen molar-refractivity contribution in [2.75, 3.05) is 75.4 Å². The summed E-state index contributed by atoms with van der Waals surface area (Å²) in [7, 11) is 3.87. The van der Waals surface area contributed by atoms with Gasteiger partial charge in [0.15, 0.2) is 30.4 Å². The van der Waals surface area contributed by atoms with Gasteiger partial charge in [-0.05, 0) is 124 Å². The molecule has 28 N–H and O–H groups in total. The van der Waals surface area contributed by atoms with E-state index in [-0.39, 0.29) is 156 Å². The molecule has 0 aromatic heterocycles. The quantitative estimate of drug-likeness (QED) is 0.0143. The van der Waals surface area contributed by atoms with Gasteiger partial charge in [-0.15, -0.1) is 0 Å². The van der Waals surface area contributed by atoms with Crippen LogP contribution in [-0.2, 0) is 24.0 Å². The van der Waals surface area contributed by atoms with Crippen LogP contribution in [0.4, 0.5) is 22.7 Å². The second kappa shape index (κ2) is 36.6. The van der Waals surface area contributed by atoms with E-state index in [1.807, 2.05) is 0 Å². The van der Waals surface area contributed by atoms with Gasteiger partial charge in [0.1, 0.15) is 41.1 Å². The number of nitrogens with one attached hydrogen (secondary N) is 15. The van der Waals surface area contributed by atoms with E-state index in [1.54, 1.807) is 0 Å². The molecule has 0 radical (unpaired) electrons. The lowest BCUT2D eigenvalue weighted by Crippen LogP contribution is -2.45. The Morgan fingerprint density at radius 2 is 0.707 bits per heavy atom. The average molecular weight is 1280 g/mol. The molecule has 92 heavy (non-hydrogen) atoms. The third-order valence-corrected chi connectivity index (χ3v) is 13.2. The van der Waals surface area contributed by atoms with Gasteiger partial charge in [0.2, 0.25) is 23.6 Å². The summed E-state index contributed by atoms with van der Waals surface area (Å²) in [5.41, 5.74) is 32.9. The van der Waals surface area contributed by atoms with E-state index in [2.05, 4.69) is 58.5 Å². The van der Waals surface area contributed by atoms with Crippen LogP contribution in [0.25, 0.3) is 0 Å². The van der Waals surface area contributed by atoms with Crippen molar-refractivity contribution in [3.63, 3.8) is 0 Å². The molecular formula is C57H79N21O14. The zero-order valence-electron chi connectivity index (χ0n) is 50.6. The number of amides is 8. The minimum absolute atomic E-state index is 0.00179. The van der Waals surface area contributed by atoms with E-state index < -0.39 is 84.0 Å². The summed E-state index contributed by atoms with van der Waals surface area (Å²) in [6.45, 7) is -0.127. The SMILES string of the molecule is COc1ccc(NC(=O)[C@H](CCCNC(=N)N)NC(=O)c2cc(NC(=O)[C@H](CCCNC(=N)N)NC(=O)c3cc(NC(=O)[C@@H](N)CCCNC(=N)N)ccc3OC)ccc2OC)cc1C(=O)N[C@@H](CCCNC(=N)N)C(=O)Nc1ccc(OCC(=O)O)c(C(N)=O)c1. The average Bonchev–Trinajstić information content (AvgIpc) is 0.910. The number of methoxy groups -OCH3 is 3. The smallest absolute Gasteiger partial charge is 0.341 e. The Labute approximate surface area is 527 Å². The molecule has 0 saturated carbocycles. The molecule has 0 aliphatic rings. The molecule has 0 bridgehead atoms. The number of carbonyl (C=O) groups excluding carboxylic acids is 8. The molecule has 4 rings (SSSR count). The van der Waals surface area contributed by atoms with E-state index in [0.29, 0.717) is 13.0 Å². The molecule has 0 spiro atoms. The van der Waals surface area contributed by atoms with Crippen LogP contribution in [0, 0.1) is 21.6 Å². The van der Waals surface area contributed by atoms with Crippen molar-refractivity contribution in [1.82, 2.24) is 37.2 Å². The fourth-order valence-corrected chi connectivity index (χ4v) is 8.66. The first-order valence-electron chi connectivity index (χ1n) is 28.3. The van der Waals surface area contributed by atoms with Gasteiger partial charge in [0.05, 0.1) is 49.6 Å². The number of carboxylic acid groups (broad SMARTS) is 1.